The van der Waals surface area contributed by atoms with Crippen molar-refractivity contribution in [1.82, 2.24) is 19.7 Å². The quantitative estimate of drug-likeness (QED) is 0.313. The summed E-state index contributed by atoms with van der Waals surface area (Å²) in [5.74, 6) is 1.53. The number of amides is 1. The number of anilines is 2. The molecule has 4 aromatic rings. The molecule has 0 spiro atoms. The minimum absolute atomic E-state index is 0.0838. The van der Waals surface area contributed by atoms with E-state index in [2.05, 4.69) is 39.3 Å². The maximum Gasteiger partial charge on any atom is 0.255 e. The van der Waals surface area contributed by atoms with Gasteiger partial charge in [-0.15, -0.1) is 21.5 Å². The van der Waals surface area contributed by atoms with Crippen molar-refractivity contribution in [1.29, 1.82) is 0 Å². The second-order valence-corrected chi connectivity index (χ2v) is 9.63. The van der Waals surface area contributed by atoms with Crippen LogP contribution in [0.4, 0.5) is 11.4 Å². The molecule has 0 atom stereocenters. The van der Waals surface area contributed by atoms with Crippen molar-refractivity contribution in [3.63, 3.8) is 0 Å². The number of carbonyl (C=O) groups excluding carboxylic acids is 1. The number of nitrogens with one attached hydrogen (secondary N) is 1. The lowest BCUT2D eigenvalue weighted by molar-refractivity contribution is 0.102. The predicted octanol–water partition coefficient (Wildman–Crippen LogP) is 6.23. The Kier molecular flexibility index (Phi) is 7.03. The maximum absolute atomic E-state index is 12.7. The van der Waals surface area contributed by atoms with E-state index in [1.165, 1.54) is 5.56 Å². The Balaban J connectivity index is 0.00000141. The van der Waals surface area contributed by atoms with Gasteiger partial charge < -0.3 is 15.6 Å². The molecule has 2 aromatic heterocycles. The van der Waals surface area contributed by atoms with E-state index in [1.54, 1.807) is 23.5 Å². The molecule has 3 N–H and O–H groups in total. The number of carbonyl (C=O) groups is 1. The van der Waals surface area contributed by atoms with Crippen LogP contribution in [-0.4, -0.2) is 25.7 Å². The van der Waals surface area contributed by atoms with Crippen molar-refractivity contribution in [3.8, 4) is 11.5 Å². The lowest BCUT2D eigenvalue weighted by Gasteiger charge is -2.14. The number of nitrogens with two attached hydrogens (primary N) is 1. The summed E-state index contributed by atoms with van der Waals surface area (Å²) in [5.41, 5.74) is 9.66. The largest absolute Gasteiger partial charge is 0.397 e. The third-order valence-corrected chi connectivity index (χ3v) is 7.23. The number of nitrogen functional groups attached to an aromatic ring is 1. The minimum Gasteiger partial charge on any atom is -0.397 e. The Labute approximate surface area is 210 Å². The topological polar surface area (TPSA) is 98.7 Å². The maximum atomic E-state index is 12.7. The van der Waals surface area contributed by atoms with Crippen molar-refractivity contribution in [2.24, 2.45) is 0 Å². The lowest BCUT2D eigenvalue weighted by atomic mass is 9.95. The van der Waals surface area contributed by atoms with Gasteiger partial charge in [-0.2, -0.15) is 0 Å². The van der Waals surface area contributed by atoms with Gasteiger partial charge in [0, 0.05) is 22.4 Å². The Morgan fingerprint density at radius 2 is 1.77 bits per heavy atom. The average Bonchev–Trinajstić information content (AvgIpc) is 3.35. The Morgan fingerprint density at radius 1 is 1.09 bits per heavy atom. The van der Waals surface area contributed by atoms with Crippen molar-refractivity contribution >= 4 is 28.6 Å². The third-order valence-electron chi connectivity index (χ3n) is 6.18. The van der Waals surface area contributed by atoms with Crippen LogP contribution in [0.25, 0.3) is 11.5 Å². The summed E-state index contributed by atoms with van der Waals surface area (Å²) in [5, 5.41) is 14.7. The van der Waals surface area contributed by atoms with E-state index < -0.39 is 0 Å². The fraction of sp³-hybridized carbons (Fsp3) is 0.333. The fourth-order valence-corrected chi connectivity index (χ4v) is 5.34. The molecule has 1 aliphatic carbocycles. The van der Waals surface area contributed by atoms with E-state index in [0.29, 0.717) is 16.9 Å². The standard InChI is InChI=1S/C25H26N6OS.C2H6/c1-15(2)31-16(3)29-30-22(31)21-14-33-24(28-21)25(12-13-25)18-10-8-17(9-11-18)23(32)27-20-7-5-4-6-19(20)26;1-2/h4-11,14-15H,12-13,26H2,1-3H3,(H,27,32);1-2H3. The van der Waals surface area contributed by atoms with Crippen molar-refractivity contribution in [3.05, 3.63) is 75.9 Å². The number of hydrogen-bond donors (Lipinski definition) is 2. The van der Waals surface area contributed by atoms with E-state index >= 15 is 0 Å². The summed E-state index contributed by atoms with van der Waals surface area (Å²) < 4.78 is 2.12. The van der Waals surface area contributed by atoms with Gasteiger partial charge in [-0.1, -0.05) is 38.1 Å². The summed E-state index contributed by atoms with van der Waals surface area (Å²) in [6.45, 7) is 10.2. The molecule has 182 valence electrons. The first-order chi connectivity index (χ1) is 16.9. The van der Waals surface area contributed by atoms with Crippen LogP contribution in [0.15, 0.2) is 53.9 Å². The molecule has 0 radical (unpaired) electrons. The van der Waals surface area contributed by atoms with Crippen LogP contribution >= 0.6 is 11.3 Å². The Morgan fingerprint density at radius 3 is 2.40 bits per heavy atom. The highest BCUT2D eigenvalue weighted by atomic mass is 32.1. The molecule has 0 aliphatic heterocycles. The third kappa shape index (κ3) is 4.71. The van der Waals surface area contributed by atoms with Gasteiger partial charge in [0.05, 0.1) is 11.4 Å². The molecular weight excluding hydrogens is 456 g/mol. The SMILES string of the molecule is CC.Cc1nnc(-c2csc(C3(c4ccc(C(=O)Nc5ccccc5N)cc4)CC3)n2)n1C(C)C. The molecule has 1 saturated carbocycles. The number of benzene rings is 2. The van der Waals surface area contributed by atoms with Crippen LogP contribution in [0.5, 0.6) is 0 Å². The number of thiazole rings is 1. The van der Waals surface area contributed by atoms with Gasteiger partial charge in [-0.3, -0.25) is 4.79 Å². The fourth-order valence-electron chi connectivity index (χ4n) is 4.26. The second kappa shape index (κ2) is 10.00. The number of aryl methyl sites for hydroxylation is 1. The minimum atomic E-state index is -0.177. The van der Waals surface area contributed by atoms with Crippen LogP contribution < -0.4 is 11.1 Å². The van der Waals surface area contributed by atoms with E-state index in [4.69, 9.17) is 10.7 Å². The number of para-hydroxylation sites is 2. The predicted molar refractivity (Wildman–Crippen MR) is 143 cm³/mol. The first kappa shape index (κ1) is 24.6. The van der Waals surface area contributed by atoms with Gasteiger partial charge in [0.15, 0.2) is 5.82 Å². The van der Waals surface area contributed by atoms with Crippen LogP contribution in [-0.2, 0) is 5.41 Å². The zero-order valence-corrected chi connectivity index (χ0v) is 21.7. The molecule has 0 bridgehead atoms. The smallest absolute Gasteiger partial charge is 0.255 e. The van der Waals surface area contributed by atoms with Gasteiger partial charge in [0.2, 0.25) is 0 Å². The van der Waals surface area contributed by atoms with Gasteiger partial charge in [0.1, 0.15) is 16.5 Å². The summed E-state index contributed by atoms with van der Waals surface area (Å²) in [6.07, 6.45) is 2.09. The molecule has 7 nitrogen and oxygen atoms in total. The first-order valence-corrected chi connectivity index (χ1v) is 12.9. The molecule has 0 saturated heterocycles. The zero-order chi connectivity index (χ0) is 25.2. The van der Waals surface area contributed by atoms with Gasteiger partial charge >= 0.3 is 0 Å². The number of nitrogens with zero attached hydrogens (tertiary/aromatic N) is 4. The normalized spacial score (nSPS) is 13.8. The summed E-state index contributed by atoms with van der Waals surface area (Å²) in [7, 11) is 0. The number of hydrogen-bond acceptors (Lipinski definition) is 6. The van der Waals surface area contributed by atoms with Crippen LogP contribution in [0.2, 0.25) is 0 Å². The van der Waals surface area contributed by atoms with E-state index in [0.717, 1.165) is 35.2 Å². The number of rotatable bonds is 6. The summed E-state index contributed by atoms with van der Waals surface area (Å²) in [6, 6.07) is 15.3. The van der Waals surface area contributed by atoms with Gasteiger partial charge in [0.25, 0.3) is 5.91 Å². The highest BCUT2D eigenvalue weighted by molar-refractivity contribution is 7.10. The molecule has 2 aromatic carbocycles. The molecular formula is C27H32N6OS. The average molecular weight is 489 g/mol. The zero-order valence-electron chi connectivity index (χ0n) is 20.9. The molecule has 5 rings (SSSR count). The molecule has 1 aliphatic rings. The summed E-state index contributed by atoms with van der Waals surface area (Å²) >= 11 is 1.67. The number of aromatic nitrogens is 4. The van der Waals surface area contributed by atoms with Crippen molar-refractivity contribution in [2.45, 2.75) is 58.9 Å². The van der Waals surface area contributed by atoms with E-state index in [-0.39, 0.29) is 17.4 Å². The summed E-state index contributed by atoms with van der Waals surface area (Å²) in [4.78, 5) is 17.6. The lowest BCUT2D eigenvalue weighted by Crippen LogP contribution is -2.14. The van der Waals surface area contributed by atoms with Crippen molar-refractivity contribution in [2.75, 3.05) is 11.1 Å². The second-order valence-electron chi connectivity index (χ2n) is 8.77. The van der Waals surface area contributed by atoms with E-state index in [1.807, 2.05) is 57.2 Å². The first-order valence-electron chi connectivity index (χ1n) is 12.0. The Bertz CT molecular complexity index is 1320. The Hall–Kier alpha value is -3.52. The molecule has 35 heavy (non-hydrogen) atoms. The van der Waals surface area contributed by atoms with Crippen LogP contribution in [0.1, 0.15) is 73.3 Å². The molecule has 8 heteroatoms. The van der Waals surface area contributed by atoms with Crippen LogP contribution in [0, 0.1) is 6.92 Å². The molecule has 1 amide bonds. The van der Waals surface area contributed by atoms with Crippen molar-refractivity contribution < 1.29 is 4.79 Å². The molecule has 1 fully saturated rings. The highest BCUT2D eigenvalue weighted by Crippen LogP contribution is 2.54. The highest BCUT2D eigenvalue weighted by Gasteiger charge is 2.48. The molecule has 0 unspecified atom stereocenters. The monoisotopic (exact) mass is 488 g/mol. The van der Waals surface area contributed by atoms with Crippen LogP contribution in [0.3, 0.4) is 0 Å². The molecule has 2 heterocycles. The van der Waals surface area contributed by atoms with Gasteiger partial charge in [-0.25, -0.2) is 4.98 Å². The van der Waals surface area contributed by atoms with Gasteiger partial charge in [-0.05, 0) is 63.4 Å². The van der Waals surface area contributed by atoms with E-state index in [9.17, 15) is 4.79 Å².